The molecule has 1 aromatic carbocycles. The highest BCUT2D eigenvalue weighted by Crippen LogP contribution is 2.47. The Morgan fingerprint density at radius 2 is 1.55 bits per heavy atom. The lowest BCUT2D eigenvalue weighted by atomic mass is 9.76. The maximum absolute atomic E-state index is 12.7. The first-order chi connectivity index (χ1) is 15.1. The fourth-order valence-electron chi connectivity index (χ4n) is 6.61. The molecule has 1 unspecified atom stereocenters. The molecular weight excluding hydrogens is 388 g/mol. The van der Waals surface area contributed by atoms with Crippen LogP contribution < -0.4 is 4.74 Å². The van der Waals surface area contributed by atoms with Crippen LogP contribution in [-0.4, -0.2) is 53.4 Å². The molecule has 1 aliphatic carbocycles. The summed E-state index contributed by atoms with van der Waals surface area (Å²) in [5, 5.41) is 0. The van der Waals surface area contributed by atoms with E-state index in [1.54, 1.807) is 4.90 Å². The van der Waals surface area contributed by atoms with E-state index >= 15 is 0 Å². The zero-order valence-corrected chi connectivity index (χ0v) is 18.7. The fraction of sp³-hybridized carbons (Fsp3) is 0.692. The quantitative estimate of drug-likeness (QED) is 0.521. The van der Waals surface area contributed by atoms with Crippen LogP contribution in [0.5, 0.6) is 5.75 Å². The van der Waals surface area contributed by atoms with Crippen LogP contribution in [0, 0.1) is 5.41 Å². The van der Waals surface area contributed by atoms with Crippen molar-refractivity contribution in [1.29, 1.82) is 0 Å². The number of hydrogen-bond acceptors (Lipinski definition) is 4. The molecule has 5 rings (SSSR count). The van der Waals surface area contributed by atoms with E-state index in [4.69, 9.17) is 4.74 Å². The van der Waals surface area contributed by atoms with Crippen molar-refractivity contribution in [1.82, 2.24) is 9.80 Å². The molecule has 1 aromatic rings. The number of hydrogen-bond donors (Lipinski definition) is 0. The summed E-state index contributed by atoms with van der Waals surface area (Å²) in [6.07, 6.45) is 12.3. The molecule has 3 aliphatic heterocycles. The largest absolute Gasteiger partial charge is 0.491 e. The van der Waals surface area contributed by atoms with Gasteiger partial charge in [-0.3, -0.25) is 19.4 Å². The molecule has 31 heavy (non-hydrogen) atoms. The summed E-state index contributed by atoms with van der Waals surface area (Å²) in [6.45, 7) is 3.50. The Morgan fingerprint density at radius 3 is 2.35 bits per heavy atom. The van der Waals surface area contributed by atoms with E-state index in [9.17, 15) is 9.59 Å². The number of fused-ring (bicyclic) bond motifs is 1. The van der Waals surface area contributed by atoms with Gasteiger partial charge in [0.15, 0.2) is 0 Å². The molecule has 0 bridgehead atoms. The lowest BCUT2D eigenvalue weighted by Gasteiger charge is -2.49. The standard InChI is InChI=1S/C26H36N2O3/c29-23-18-25(11-3-4-12-25)19-24(30)28(23)16-8-7-15-27-14-6-5-13-26(27)17-21-9-1-2-10-22(21)31-20-26/h1-2,9-10H,3-8,11-20H2. The second-order valence-electron chi connectivity index (χ2n) is 10.4. The highest BCUT2D eigenvalue weighted by molar-refractivity contribution is 5.98. The summed E-state index contributed by atoms with van der Waals surface area (Å²) in [5.41, 5.74) is 1.44. The Kier molecular flexibility index (Phi) is 5.80. The number of benzene rings is 1. The number of likely N-dealkylation sites (tertiary alicyclic amines) is 2. The van der Waals surface area contributed by atoms with Gasteiger partial charge in [0.1, 0.15) is 12.4 Å². The summed E-state index contributed by atoms with van der Waals surface area (Å²) in [6, 6.07) is 8.44. The van der Waals surface area contributed by atoms with Gasteiger partial charge in [0.05, 0.1) is 5.54 Å². The smallest absolute Gasteiger partial charge is 0.229 e. The Bertz CT molecular complexity index is 812. The van der Waals surface area contributed by atoms with Crippen molar-refractivity contribution in [2.45, 2.75) is 82.6 Å². The minimum Gasteiger partial charge on any atom is -0.491 e. The summed E-state index contributed by atoms with van der Waals surface area (Å²) < 4.78 is 6.18. The van der Waals surface area contributed by atoms with Crippen LogP contribution in [0.4, 0.5) is 0 Å². The van der Waals surface area contributed by atoms with Crippen LogP contribution in [0.1, 0.15) is 76.2 Å². The van der Waals surface area contributed by atoms with Crippen molar-refractivity contribution in [2.75, 3.05) is 26.2 Å². The van der Waals surface area contributed by atoms with Crippen LogP contribution in [0.3, 0.4) is 0 Å². The second-order valence-corrected chi connectivity index (χ2v) is 10.4. The van der Waals surface area contributed by atoms with Crippen molar-refractivity contribution >= 4 is 11.8 Å². The van der Waals surface area contributed by atoms with Crippen LogP contribution in [0.25, 0.3) is 0 Å². The number of rotatable bonds is 5. The molecular formula is C26H36N2O3. The van der Waals surface area contributed by atoms with Gasteiger partial charge >= 0.3 is 0 Å². The lowest BCUT2D eigenvalue weighted by molar-refractivity contribution is -0.153. The molecule has 3 fully saturated rings. The normalized spacial score (nSPS) is 28.2. The maximum Gasteiger partial charge on any atom is 0.229 e. The van der Waals surface area contributed by atoms with Crippen molar-refractivity contribution in [3.05, 3.63) is 29.8 Å². The van der Waals surface area contributed by atoms with Crippen LogP contribution in [0.2, 0.25) is 0 Å². The monoisotopic (exact) mass is 424 g/mol. The predicted octanol–water partition coefficient (Wildman–Crippen LogP) is 4.34. The van der Waals surface area contributed by atoms with E-state index in [1.807, 2.05) is 6.07 Å². The minimum atomic E-state index is 0.00211. The molecule has 3 heterocycles. The Labute approximate surface area is 186 Å². The molecule has 1 atom stereocenters. The highest BCUT2D eigenvalue weighted by atomic mass is 16.5. The van der Waals surface area contributed by atoms with Crippen molar-refractivity contribution in [3.8, 4) is 5.75 Å². The third-order valence-electron chi connectivity index (χ3n) is 8.36. The summed E-state index contributed by atoms with van der Waals surface area (Å²) in [4.78, 5) is 29.6. The van der Waals surface area contributed by atoms with Crippen molar-refractivity contribution in [3.63, 3.8) is 0 Å². The van der Waals surface area contributed by atoms with E-state index < -0.39 is 0 Å². The van der Waals surface area contributed by atoms with Crippen LogP contribution in [0.15, 0.2) is 24.3 Å². The molecule has 5 heteroatoms. The zero-order valence-electron chi connectivity index (χ0n) is 18.7. The minimum absolute atomic E-state index is 0.00211. The maximum atomic E-state index is 12.7. The first kappa shape index (κ1) is 21.0. The van der Waals surface area contributed by atoms with Gasteiger partial charge in [-0.05, 0) is 75.1 Å². The van der Waals surface area contributed by atoms with Gasteiger partial charge in [-0.2, -0.15) is 0 Å². The SMILES string of the molecule is O=C1CC2(CCCC2)CC(=O)N1CCCCN1CCCCC12COc1ccccc1C2. The summed E-state index contributed by atoms with van der Waals surface area (Å²) in [5.74, 6) is 1.19. The zero-order chi connectivity index (χ0) is 21.3. The number of carbonyl (C=O) groups excluding carboxylic acids is 2. The predicted molar refractivity (Wildman–Crippen MR) is 120 cm³/mol. The van der Waals surface area contributed by atoms with E-state index in [0.29, 0.717) is 19.4 Å². The number of imide groups is 1. The van der Waals surface area contributed by atoms with Gasteiger partial charge in [0.25, 0.3) is 0 Å². The highest BCUT2D eigenvalue weighted by Gasteiger charge is 2.45. The van der Waals surface area contributed by atoms with Gasteiger partial charge in [0, 0.05) is 19.4 Å². The molecule has 5 nitrogen and oxygen atoms in total. The van der Waals surface area contributed by atoms with Gasteiger partial charge in [-0.1, -0.05) is 37.5 Å². The first-order valence-corrected chi connectivity index (χ1v) is 12.4. The molecule has 1 saturated carbocycles. The van der Waals surface area contributed by atoms with Gasteiger partial charge < -0.3 is 4.74 Å². The molecule has 2 amide bonds. The van der Waals surface area contributed by atoms with E-state index in [0.717, 1.165) is 57.6 Å². The summed E-state index contributed by atoms with van der Waals surface area (Å²) >= 11 is 0. The van der Waals surface area contributed by atoms with E-state index in [1.165, 1.54) is 37.7 Å². The second kappa shape index (κ2) is 8.57. The van der Waals surface area contributed by atoms with Gasteiger partial charge in [-0.25, -0.2) is 0 Å². The number of piperidine rings is 2. The van der Waals surface area contributed by atoms with E-state index in [2.05, 4.69) is 23.1 Å². The summed E-state index contributed by atoms with van der Waals surface area (Å²) in [7, 11) is 0. The lowest BCUT2D eigenvalue weighted by Crippen LogP contribution is -2.58. The molecule has 4 aliphatic rings. The number of unbranched alkanes of at least 4 members (excludes halogenated alkanes) is 1. The molecule has 0 N–H and O–H groups in total. The Hall–Kier alpha value is -1.88. The van der Waals surface area contributed by atoms with Gasteiger partial charge in [0.2, 0.25) is 11.8 Å². The van der Waals surface area contributed by atoms with E-state index in [-0.39, 0.29) is 22.8 Å². The van der Waals surface area contributed by atoms with Crippen LogP contribution >= 0.6 is 0 Å². The van der Waals surface area contributed by atoms with Crippen molar-refractivity contribution < 1.29 is 14.3 Å². The third-order valence-corrected chi connectivity index (χ3v) is 8.36. The molecule has 2 spiro atoms. The average Bonchev–Trinajstić information content (AvgIpc) is 3.21. The van der Waals surface area contributed by atoms with Gasteiger partial charge in [-0.15, -0.1) is 0 Å². The Balaban J connectivity index is 1.15. The molecule has 168 valence electrons. The topological polar surface area (TPSA) is 49.9 Å². The number of para-hydroxylation sites is 1. The number of carbonyl (C=O) groups is 2. The number of amides is 2. The fourth-order valence-corrected chi connectivity index (χ4v) is 6.61. The van der Waals surface area contributed by atoms with Crippen molar-refractivity contribution in [2.24, 2.45) is 5.41 Å². The number of ether oxygens (including phenoxy) is 1. The molecule has 0 radical (unpaired) electrons. The Morgan fingerprint density at radius 1 is 0.839 bits per heavy atom. The molecule has 2 saturated heterocycles. The number of nitrogens with zero attached hydrogens (tertiary/aromatic N) is 2. The van der Waals surface area contributed by atoms with Crippen LogP contribution in [-0.2, 0) is 16.0 Å². The third kappa shape index (κ3) is 4.13. The molecule has 0 aromatic heterocycles. The first-order valence-electron chi connectivity index (χ1n) is 12.4. The average molecular weight is 425 g/mol.